The third-order valence-electron chi connectivity index (χ3n) is 5.67. The topological polar surface area (TPSA) is 74.4 Å². The summed E-state index contributed by atoms with van der Waals surface area (Å²) in [5.41, 5.74) is 5.43. The fraction of sp³-hybridized carbons (Fsp3) is 0.154. The van der Waals surface area contributed by atoms with Gasteiger partial charge in [0.15, 0.2) is 6.61 Å². The average Bonchev–Trinajstić information content (AvgIpc) is 3.20. The van der Waals surface area contributed by atoms with Crippen molar-refractivity contribution in [3.05, 3.63) is 89.6 Å². The van der Waals surface area contributed by atoms with Crippen LogP contribution in [0.4, 0.5) is 11.4 Å². The maximum atomic E-state index is 12.7. The van der Waals surface area contributed by atoms with E-state index in [1.165, 1.54) is 5.56 Å². The quantitative estimate of drug-likeness (QED) is 0.491. The van der Waals surface area contributed by atoms with E-state index in [0.717, 1.165) is 22.0 Å². The number of carbonyl (C=O) groups excluding carboxylic acids is 2. The van der Waals surface area contributed by atoms with Gasteiger partial charge in [-0.1, -0.05) is 48.0 Å². The van der Waals surface area contributed by atoms with Crippen molar-refractivity contribution in [1.29, 1.82) is 0 Å². The molecule has 4 aromatic rings. The molecule has 0 bridgehead atoms. The van der Waals surface area contributed by atoms with Gasteiger partial charge < -0.3 is 19.9 Å². The second-order valence-electron chi connectivity index (χ2n) is 8.02. The molecular weight excluding hydrogens is 402 g/mol. The van der Waals surface area contributed by atoms with Crippen molar-refractivity contribution in [2.45, 2.75) is 19.9 Å². The summed E-state index contributed by atoms with van der Waals surface area (Å²) < 4.78 is 5.61. The molecular formula is C26H23N3O3. The van der Waals surface area contributed by atoms with Crippen LogP contribution < -0.4 is 15.0 Å². The van der Waals surface area contributed by atoms with Crippen LogP contribution in [0.25, 0.3) is 10.9 Å². The van der Waals surface area contributed by atoms with Crippen LogP contribution in [0.5, 0.6) is 5.75 Å². The molecule has 0 aliphatic carbocycles. The van der Waals surface area contributed by atoms with Crippen LogP contribution in [0.15, 0.2) is 72.9 Å². The molecule has 0 saturated heterocycles. The molecule has 0 atom stereocenters. The number of nitrogens with zero attached hydrogens (tertiary/aromatic N) is 1. The Kier molecular flexibility index (Phi) is 5.11. The number of benzene rings is 3. The van der Waals surface area contributed by atoms with Crippen LogP contribution in [0, 0.1) is 6.92 Å². The summed E-state index contributed by atoms with van der Waals surface area (Å²) in [6, 6.07) is 21.4. The molecule has 160 valence electrons. The van der Waals surface area contributed by atoms with Gasteiger partial charge in [0, 0.05) is 22.8 Å². The summed E-state index contributed by atoms with van der Waals surface area (Å²) in [4.78, 5) is 30.2. The van der Waals surface area contributed by atoms with Gasteiger partial charge in [0.05, 0.1) is 18.7 Å². The molecule has 2 amide bonds. The van der Waals surface area contributed by atoms with Gasteiger partial charge in [-0.3, -0.25) is 9.59 Å². The van der Waals surface area contributed by atoms with Crippen molar-refractivity contribution in [3.63, 3.8) is 0 Å². The van der Waals surface area contributed by atoms with E-state index in [9.17, 15) is 9.59 Å². The number of hydrogen-bond donors (Lipinski definition) is 2. The van der Waals surface area contributed by atoms with Crippen molar-refractivity contribution in [1.82, 2.24) is 4.98 Å². The van der Waals surface area contributed by atoms with Crippen LogP contribution in [0.2, 0.25) is 0 Å². The number of H-pyrrole nitrogens is 1. The predicted molar refractivity (Wildman–Crippen MR) is 125 cm³/mol. The van der Waals surface area contributed by atoms with Gasteiger partial charge in [0.2, 0.25) is 5.91 Å². The van der Waals surface area contributed by atoms with Crippen molar-refractivity contribution in [2.24, 2.45) is 0 Å². The Bertz CT molecular complexity index is 1310. The minimum atomic E-state index is -0.122. The van der Waals surface area contributed by atoms with E-state index in [1.807, 2.05) is 61.7 Å². The molecule has 5 rings (SSSR count). The van der Waals surface area contributed by atoms with Crippen molar-refractivity contribution < 1.29 is 14.3 Å². The lowest BCUT2D eigenvalue weighted by Gasteiger charge is -2.30. The lowest BCUT2D eigenvalue weighted by Crippen LogP contribution is -2.38. The molecule has 32 heavy (non-hydrogen) atoms. The number of aromatic nitrogens is 1. The fourth-order valence-electron chi connectivity index (χ4n) is 3.99. The fourth-order valence-corrected chi connectivity index (χ4v) is 3.99. The number of nitrogens with one attached hydrogen (secondary N) is 2. The number of ether oxygens (including phenoxy) is 1. The Hall–Kier alpha value is -4.06. The lowest BCUT2D eigenvalue weighted by molar-refractivity contribution is -0.121. The highest BCUT2D eigenvalue weighted by Gasteiger charge is 2.26. The van der Waals surface area contributed by atoms with Crippen molar-refractivity contribution in [3.8, 4) is 5.75 Å². The molecule has 0 radical (unpaired) electrons. The van der Waals surface area contributed by atoms with Gasteiger partial charge in [0.1, 0.15) is 5.75 Å². The number of amides is 2. The molecule has 0 spiro atoms. The molecule has 1 aliphatic rings. The molecule has 6 nitrogen and oxygen atoms in total. The normalized spacial score (nSPS) is 13.0. The summed E-state index contributed by atoms with van der Waals surface area (Å²) in [5, 5.41) is 3.99. The molecule has 6 heteroatoms. The van der Waals surface area contributed by atoms with Crippen LogP contribution >= 0.6 is 0 Å². The Morgan fingerprint density at radius 3 is 2.75 bits per heavy atom. The summed E-state index contributed by atoms with van der Waals surface area (Å²) >= 11 is 0. The zero-order valence-corrected chi connectivity index (χ0v) is 17.7. The predicted octanol–water partition coefficient (Wildman–Crippen LogP) is 4.58. The van der Waals surface area contributed by atoms with Gasteiger partial charge in [-0.2, -0.15) is 0 Å². The van der Waals surface area contributed by atoms with Crippen molar-refractivity contribution >= 4 is 34.1 Å². The minimum Gasteiger partial charge on any atom is -0.482 e. The van der Waals surface area contributed by atoms with Crippen molar-refractivity contribution in [2.75, 3.05) is 16.8 Å². The first kappa shape index (κ1) is 19.9. The maximum absolute atomic E-state index is 12.7. The monoisotopic (exact) mass is 425 g/mol. The standard InChI is InChI=1S/C26H23N3O3/c1-17-6-8-18(9-7-17)15-29-23-13-20(10-11-24(23)32-16-26(29)31)28-25(30)12-19-14-27-22-5-3-2-4-21(19)22/h2-11,13-14,27H,12,15-16H2,1H3,(H,28,30). The van der Waals surface area contributed by atoms with E-state index >= 15 is 0 Å². The van der Waals surface area contributed by atoms with Gasteiger partial charge in [0.25, 0.3) is 5.91 Å². The highest BCUT2D eigenvalue weighted by atomic mass is 16.5. The smallest absolute Gasteiger partial charge is 0.265 e. The third kappa shape index (κ3) is 3.95. The van der Waals surface area contributed by atoms with E-state index < -0.39 is 0 Å². The minimum absolute atomic E-state index is 0.00509. The largest absolute Gasteiger partial charge is 0.482 e. The molecule has 0 fully saturated rings. The zero-order chi connectivity index (χ0) is 22.1. The van der Waals surface area contributed by atoms with Crippen LogP contribution in [-0.4, -0.2) is 23.4 Å². The molecule has 0 saturated carbocycles. The molecule has 1 aromatic heterocycles. The Labute approximate surface area is 185 Å². The number of fused-ring (bicyclic) bond motifs is 2. The first-order chi connectivity index (χ1) is 15.6. The summed E-state index contributed by atoms with van der Waals surface area (Å²) in [7, 11) is 0. The SMILES string of the molecule is Cc1ccc(CN2C(=O)COc3ccc(NC(=O)Cc4c[nH]c5ccccc45)cc32)cc1. The van der Waals surface area contributed by atoms with Gasteiger partial charge >= 0.3 is 0 Å². The molecule has 2 N–H and O–H groups in total. The lowest BCUT2D eigenvalue weighted by atomic mass is 10.1. The van der Waals surface area contributed by atoms with E-state index in [-0.39, 0.29) is 24.8 Å². The van der Waals surface area contributed by atoms with Gasteiger partial charge in [-0.15, -0.1) is 0 Å². The highest BCUT2D eigenvalue weighted by molar-refractivity contribution is 6.00. The number of para-hydroxylation sites is 1. The van der Waals surface area contributed by atoms with Crippen LogP contribution in [0.3, 0.4) is 0 Å². The second kappa shape index (κ2) is 8.23. The second-order valence-corrected chi connectivity index (χ2v) is 8.02. The Morgan fingerprint density at radius 1 is 1.09 bits per heavy atom. The molecule has 0 unspecified atom stereocenters. The number of hydrogen-bond acceptors (Lipinski definition) is 3. The number of aryl methyl sites for hydroxylation is 1. The molecule has 3 aromatic carbocycles. The van der Waals surface area contributed by atoms with Gasteiger partial charge in [-0.25, -0.2) is 0 Å². The average molecular weight is 425 g/mol. The van der Waals surface area contributed by atoms with E-state index in [0.29, 0.717) is 23.7 Å². The van der Waals surface area contributed by atoms with E-state index in [4.69, 9.17) is 4.74 Å². The van der Waals surface area contributed by atoms with Crippen LogP contribution in [0.1, 0.15) is 16.7 Å². The van der Waals surface area contributed by atoms with Gasteiger partial charge in [-0.05, 0) is 42.3 Å². The third-order valence-corrected chi connectivity index (χ3v) is 5.67. The Balaban J connectivity index is 1.36. The first-order valence-electron chi connectivity index (χ1n) is 10.5. The molecule has 1 aliphatic heterocycles. The summed E-state index contributed by atoms with van der Waals surface area (Å²) in [6.45, 7) is 2.48. The van der Waals surface area contributed by atoms with Crippen LogP contribution in [-0.2, 0) is 22.6 Å². The first-order valence-corrected chi connectivity index (χ1v) is 10.5. The Morgan fingerprint density at radius 2 is 1.91 bits per heavy atom. The summed E-state index contributed by atoms with van der Waals surface area (Å²) in [5.74, 6) is 0.398. The number of aromatic amines is 1. The van der Waals surface area contributed by atoms with E-state index in [1.54, 1.807) is 23.1 Å². The highest BCUT2D eigenvalue weighted by Crippen LogP contribution is 2.35. The summed E-state index contributed by atoms with van der Waals surface area (Å²) in [6.07, 6.45) is 2.12. The number of anilines is 2. The van der Waals surface area contributed by atoms with E-state index in [2.05, 4.69) is 10.3 Å². The number of rotatable bonds is 5. The number of carbonyl (C=O) groups is 2. The maximum Gasteiger partial charge on any atom is 0.265 e. The zero-order valence-electron chi connectivity index (χ0n) is 17.7. The molecule has 2 heterocycles.